The van der Waals surface area contributed by atoms with Gasteiger partial charge in [0.25, 0.3) is 5.91 Å². The highest BCUT2D eigenvalue weighted by Gasteiger charge is 2.34. The number of piperidine rings is 1. The smallest absolute Gasteiger partial charge is 0.260 e. The van der Waals surface area contributed by atoms with Gasteiger partial charge in [-0.15, -0.1) is 0 Å². The maximum Gasteiger partial charge on any atom is 0.260 e. The third kappa shape index (κ3) is 3.42. The molecule has 0 spiro atoms. The molecule has 1 amide bonds. The number of hydrogen-bond donors (Lipinski definition) is 0. The summed E-state index contributed by atoms with van der Waals surface area (Å²) in [6.07, 6.45) is 0.662. The molecule has 0 unspecified atom stereocenters. The fourth-order valence-corrected chi connectivity index (χ4v) is 3.39. The summed E-state index contributed by atoms with van der Waals surface area (Å²) >= 11 is 0. The zero-order valence-corrected chi connectivity index (χ0v) is 15.3. The first kappa shape index (κ1) is 20.0. The fourth-order valence-electron chi connectivity index (χ4n) is 3.39. The number of benzene rings is 2. The normalized spacial score (nSPS) is 14.9. The van der Waals surface area contributed by atoms with Crippen LogP contribution in [0.2, 0.25) is 0 Å². The molecule has 1 aliphatic rings. The summed E-state index contributed by atoms with van der Waals surface area (Å²) in [6.45, 7) is 0.0675. The van der Waals surface area contributed by atoms with E-state index in [4.69, 9.17) is 4.52 Å². The standard InChI is InChI=1S/C20H14F5N3O2/c21-13-12(14(22)16(24)17(25)15(13)23)20(29)28-8-6-11(7-9-28)19-26-18(27-30-19)10-4-2-1-3-5-10/h1-5,11H,6-9H2. The van der Waals surface area contributed by atoms with Crippen molar-refractivity contribution in [2.45, 2.75) is 18.8 Å². The van der Waals surface area contributed by atoms with Crippen LogP contribution in [0.1, 0.15) is 35.0 Å². The van der Waals surface area contributed by atoms with E-state index in [1.807, 2.05) is 30.3 Å². The van der Waals surface area contributed by atoms with Crippen LogP contribution in [0.3, 0.4) is 0 Å². The molecule has 0 bridgehead atoms. The average Bonchev–Trinajstić information content (AvgIpc) is 3.27. The molecule has 0 aliphatic carbocycles. The highest BCUT2D eigenvalue weighted by atomic mass is 19.2. The van der Waals surface area contributed by atoms with Crippen molar-refractivity contribution in [3.05, 3.63) is 70.9 Å². The van der Waals surface area contributed by atoms with E-state index in [2.05, 4.69) is 10.1 Å². The molecule has 5 nitrogen and oxygen atoms in total. The van der Waals surface area contributed by atoms with Crippen molar-refractivity contribution in [2.75, 3.05) is 13.1 Å². The lowest BCUT2D eigenvalue weighted by Crippen LogP contribution is -2.39. The van der Waals surface area contributed by atoms with E-state index in [-0.39, 0.29) is 19.0 Å². The van der Waals surface area contributed by atoms with Gasteiger partial charge in [-0.3, -0.25) is 4.79 Å². The maximum atomic E-state index is 13.9. The van der Waals surface area contributed by atoms with Crippen molar-refractivity contribution >= 4 is 5.91 Å². The van der Waals surface area contributed by atoms with Crippen molar-refractivity contribution in [2.24, 2.45) is 0 Å². The van der Waals surface area contributed by atoms with Crippen LogP contribution in [-0.4, -0.2) is 34.0 Å². The number of carbonyl (C=O) groups excluding carboxylic acids is 1. The molecule has 1 saturated heterocycles. The van der Waals surface area contributed by atoms with Gasteiger partial charge in [-0.25, -0.2) is 22.0 Å². The van der Waals surface area contributed by atoms with Crippen LogP contribution in [0.4, 0.5) is 22.0 Å². The van der Waals surface area contributed by atoms with Crippen LogP contribution >= 0.6 is 0 Å². The van der Waals surface area contributed by atoms with Crippen LogP contribution in [0.15, 0.2) is 34.9 Å². The molecule has 2 aromatic carbocycles. The van der Waals surface area contributed by atoms with Gasteiger partial charge in [-0.1, -0.05) is 35.5 Å². The number of halogens is 5. The molecular formula is C20H14F5N3O2. The largest absolute Gasteiger partial charge is 0.339 e. The van der Waals surface area contributed by atoms with Crippen molar-refractivity contribution in [3.8, 4) is 11.4 Å². The van der Waals surface area contributed by atoms with Crippen LogP contribution in [0.25, 0.3) is 11.4 Å². The van der Waals surface area contributed by atoms with Gasteiger partial charge >= 0.3 is 0 Å². The van der Waals surface area contributed by atoms with E-state index in [1.165, 1.54) is 0 Å². The number of hydrogen-bond acceptors (Lipinski definition) is 4. The van der Waals surface area contributed by atoms with E-state index >= 15 is 0 Å². The second kappa shape index (κ2) is 7.85. The predicted molar refractivity (Wildman–Crippen MR) is 93.8 cm³/mol. The first-order valence-corrected chi connectivity index (χ1v) is 9.08. The minimum atomic E-state index is -2.30. The number of carbonyl (C=O) groups is 1. The number of nitrogens with zero attached hydrogens (tertiary/aromatic N) is 3. The number of likely N-dealkylation sites (tertiary alicyclic amines) is 1. The fraction of sp³-hybridized carbons (Fsp3) is 0.250. The van der Waals surface area contributed by atoms with E-state index in [0.717, 1.165) is 10.5 Å². The van der Waals surface area contributed by atoms with Gasteiger partial charge in [0, 0.05) is 24.6 Å². The topological polar surface area (TPSA) is 59.2 Å². The highest BCUT2D eigenvalue weighted by molar-refractivity contribution is 5.95. The minimum Gasteiger partial charge on any atom is -0.339 e. The second-order valence-corrected chi connectivity index (χ2v) is 6.83. The van der Waals surface area contributed by atoms with Crippen LogP contribution < -0.4 is 0 Å². The number of rotatable bonds is 3. The summed E-state index contributed by atoms with van der Waals surface area (Å²) in [5.74, 6) is -11.6. The van der Waals surface area contributed by atoms with Gasteiger partial charge in [-0.05, 0) is 12.8 Å². The Morgan fingerprint density at radius 3 is 2.07 bits per heavy atom. The molecule has 1 aliphatic heterocycles. The summed E-state index contributed by atoms with van der Waals surface area (Å²) in [6, 6.07) is 9.14. The van der Waals surface area contributed by atoms with E-state index in [1.54, 1.807) is 0 Å². The number of amides is 1. The molecule has 156 valence electrons. The predicted octanol–water partition coefficient (Wildman–Crippen LogP) is 4.45. The second-order valence-electron chi connectivity index (χ2n) is 6.83. The molecule has 30 heavy (non-hydrogen) atoms. The Bertz CT molecular complexity index is 1070. The summed E-state index contributed by atoms with van der Waals surface area (Å²) in [5.41, 5.74) is -0.680. The Balaban J connectivity index is 1.48. The van der Waals surface area contributed by atoms with Crippen molar-refractivity contribution in [1.29, 1.82) is 0 Å². The van der Waals surface area contributed by atoms with Gasteiger partial charge in [0.1, 0.15) is 5.56 Å². The van der Waals surface area contributed by atoms with Crippen LogP contribution in [-0.2, 0) is 0 Å². The highest BCUT2D eigenvalue weighted by Crippen LogP contribution is 2.30. The Morgan fingerprint density at radius 2 is 1.47 bits per heavy atom. The Hall–Kier alpha value is -3.30. The Labute approximate surface area is 167 Å². The van der Waals surface area contributed by atoms with Gasteiger partial charge in [0.2, 0.25) is 17.5 Å². The molecule has 0 saturated carbocycles. The van der Waals surface area contributed by atoms with Crippen molar-refractivity contribution in [1.82, 2.24) is 15.0 Å². The molecule has 0 atom stereocenters. The lowest BCUT2D eigenvalue weighted by molar-refractivity contribution is 0.0691. The molecule has 3 aromatic rings. The summed E-state index contributed by atoms with van der Waals surface area (Å²) in [7, 11) is 0. The van der Waals surface area contributed by atoms with Gasteiger partial charge < -0.3 is 9.42 Å². The maximum absolute atomic E-state index is 13.9. The molecule has 4 rings (SSSR count). The molecule has 0 N–H and O–H groups in total. The first-order valence-electron chi connectivity index (χ1n) is 9.08. The van der Waals surface area contributed by atoms with E-state index < -0.39 is 40.6 Å². The van der Waals surface area contributed by atoms with Gasteiger partial charge in [0.15, 0.2) is 23.3 Å². The third-order valence-electron chi connectivity index (χ3n) is 5.03. The Morgan fingerprint density at radius 1 is 0.900 bits per heavy atom. The van der Waals surface area contributed by atoms with Crippen LogP contribution in [0, 0.1) is 29.1 Å². The summed E-state index contributed by atoms with van der Waals surface area (Å²) in [4.78, 5) is 17.8. The summed E-state index contributed by atoms with van der Waals surface area (Å²) in [5, 5.41) is 3.93. The van der Waals surface area contributed by atoms with Crippen LogP contribution in [0.5, 0.6) is 0 Å². The third-order valence-corrected chi connectivity index (χ3v) is 5.03. The van der Waals surface area contributed by atoms with Gasteiger partial charge in [-0.2, -0.15) is 4.98 Å². The molecule has 1 fully saturated rings. The van der Waals surface area contributed by atoms with Crippen molar-refractivity contribution in [3.63, 3.8) is 0 Å². The zero-order valence-electron chi connectivity index (χ0n) is 15.3. The minimum absolute atomic E-state index is 0.0338. The Kier molecular flexibility index (Phi) is 5.23. The molecule has 10 heteroatoms. The molecule has 0 radical (unpaired) electrons. The quantitative estimate of drug-likeness (QED) is 0.355. The molecule has 2 heterocycles. The lowest BCUT2D eigenvalue weighted by Gasteiger charge is -2.30. The first-order chi connectivity index (χ1) is 14.4. The van der Waals surface area contributed by atoms with Crippen molar-refractivity contribution < 1.29 is 31.3 Å². The molecular weight excluding hydrogens is 409 g/mol. The van der Waals surface area contributed by atoms with E-state index in [9.17, 15) is 26.7 Å². The average molecular weight is 423 g/mol. The van der Waals surface area contributed by atoms with Gasteiger partial charge in [0.05, 0.1) is 0 Å². The zero-order chi connectivity index (χ0) is 21.4. The number of aromatic nitrogens is 2. The monoisotopic (exact) mass is 423 g/mol. The molecule has 1 aromatic heterocycles. The van der Waals surface area contributed by atoms with E-state index in [0.29, 0.717) is 24.6 Å². The summed E-state index contributed by atoms with van der Waals surface area (Å²) < 4.78 is 73.1. The SMILES string of the molecule is O=C(c1c(F)c(F)c(F)c(F)c1F)N1CCC(c2nc(-c3ccccc3)no2)CC1. The lowest BCUT2D eigenvalue weighted by atomic mass is 9.96.